The first-order chi connectivity index (χ1) is 17.5. The summed E-state index contributed by atoms with van der Waals surface area (Å²) in [4.78, 5) is 44.0. The van der Waals surface area contributed by atoms with Crippen molar-refractivity contribution in [2.75, 3.05) is 20.3 Å². The molecule has 37 heavy (non-hydrogen) atoms. The molecule has 0 unspecified atom stereocenters. The molecule has 7 atom stereocenters. The summed E-state index contributed by atoms with van der Waals surface area (Å²) >= 11 is 0. The van der Waals surface area contributed by atoms with Gasteiger partial charge in [-0.3, -0.25) is 9.59 Å². The lowest BCUT2D eigenvalue weighted by Crippen LogP contribution is -2.57. The molecule has 1 aliphatic heterocycles. The molecule has 0 aromatic rings. The molecule has 5 aliphatic rings. The second kappa shape index (κ2) is 9.51. The zero-order chi connectivity index (χ0) is 26.6. The van der Waals surface area contributed by atoms with Crippen LogP contribution in [0.4, 0.5) is 0 Å². The third-order valence-electron chi connectivity index (χ3n) is 11.1. The summed E-state index contributed by atoms with van der Waals surface area (Å²) in [6.07, 6.45) is 10.9. The van der Waals surface area contributed by atoms with Crippen molar-refractivity contribution in [3.63, 3.8) is 0 Å². The van der Waals surface area contributed by atoms with Gasteiger partial charge >= 0.3 is 5.97 Å². The second-order valence-corrected chi connectivity index (χ2v) is 12.5. The van der Waals surface area contributed by atoms with Crippen LogP contribution in [0.3, 0.4) is 0 Å². The molecule has 204 valence electrons. The number of carbonyl (C=O) groups is 3. The highest BCUT2D eigenvalue weighted by Gasteiger charge is 2.65. The Morgan fingerprint density at radius 3 is 2.57 bits per heavy atom. The number of ketones is 1. The fraction of sp³-hybridized carbons (Fsp3) is 0.793. The van der Waals surface area contributed by atoms with Crippen molar-refractivity contribution in [1.29, 1.82) is 0 Å². The fourth-order valence-corrected chi connectivity index (χ4v) is 8.94. The quantitative estimate of drug-likeness (QED) is 0.442. The van der Waals surface area contributed by atoms with E-state index in [4.69, 9.17) is 9.57 Å². The van der Waals surface area contributed by atoms with Crippen molar-refractivity contribution in [3.05, 3.63) is 11.6 Å². The van der Waals surface area contributed by atoms with Crippen molar-refractivity contribution in [2.24, 2.45) is 33.7 Å². The van der Waals surface area contributed by atoms with Crippen molar-refractivity contribution in [3.8, 4) is 0 Å². The van der Waals surface area contributed by atoms with Gasteiger partial charge in [-0.05, 0) is 100 Å². The van der Waals surface area contributed by atoms with Crippen molar-refractivity contribution < 1.29 is 29.1 Å². The molecule has 0 radical (unpaired) electrons. The van der Waals surface area contributed by atoms with Gasteiger partial charge in [0.05, 0.1) is 12.8 Å². The lowest BCUT2D eigenvalue weighted by atomic mass is 9.46. The van der Waals surface area contributed by atoms with Crippen LogP contribution in [-0.4, -0.2) is 65.3 Å². The van der Waals surface area contributed by atoms with E-state index < -0.39 is 11.6 Å². The number of likely N-dealkylation sites (tertiary alicyclic amines) is 1. The van der Waals surface area contributed by atoms with E-state index in [1.54, 1.807) is 6.92 Å². The molecule has 1 heterocycles. The number of Topliss-reactive ketones (excluding diaryl/α,β-unsaturated/α-hetero) is 1. The van der Waals surface area contributed by atoms with Gasteiger partial charge in [0.15, 0.2) is 12.4 Å². The van der Waals surface area contributed by atoms with E-state index in [1.165, 1.54) is 17.6 Å². The number of esters is 1. The molecule has 1 saturated heterocycles. The van der Waals surface area contributed by atoms with Gasteiger partial charge in [-0.25, -0.2) is 4.79 Å². The average molecular weight is 515 g/mol. The number of oxime groups is 1. The lowest BCUT2D eigenvalue weighted by Gasteiger charge is -2.59. The van der Waals surface area contributed by atoms with Crippen LogP contribution < -0.4 is 0 Å². The minimum Gasteiger partial charge on any atom is -0.467 e. The third kappa shape index (κ3) is 4.05. The van der Waals surface area contributed by atoms with Crippen LogP contribution >= 0.6 is 0 Å². The average Bonchev–Trinajstić information content (AvgIpc) is 3.47. The van der Waals surface area contributed by atoms with Crippen molar-refractivity contribution in [1.82, 2.24) is 4.90 Å². The van der Waals surface area contributed by atoms with E-state index in [2.05, 4.69) is 25.1 Å². The Bertz CT molecular complexity index is 1040. The maximum atomic E-state index is 12.6. The number of allylic oxidation sites excluding steroid dienone is 2. The second-order valence-electron chi connectivity index (χ2n) is 12.5. The molecular formula is C29H42N2O6. The zero-order valence-corrected chi connectivity index (χ0v) is 22.8. The van der Waals surface area contributed by atoms with Crippen LogP contribution in [0, 0.1) is 28.6 Å². The van der Waals surface area contributed by atoms with Crippen LogP contribution in [0.25, 0.3) is 0 Å². The van der Waals surface area contributed by atoms with Crippen molar-refractivity contribution in [2.45, 2.75) is 96.6 Å². The first-order valence-corrected chi connectivity index (χ1v) is 14.1. The van der Waals surface area contributed by atoms with Gasteiger partial charge in [0, 0.05) is 12.0 Å². The number of carbonyl (C=O) groups excluding carboxylic acids is 3. The molecule has 8 heteroatoms. The lowest BCUT2D eigenvalue weighted by molar-refractivity contribution is -0.159. The number of nitrogens with zero attached hydrogens (tertiary/aromatic N) is 2. The highest BCUT2D eigenvalue weighted by molar-refractivity contribution is 5.96. The monoisotopic (exact) mass is 514 g/mol. The molecular weight excluding hydrogens is 472 g/mol. The highest BCUT2D eigenvalue weighted by Crippen LogP contribution is 2.67. The largest absolute Gasteiger partial charge is 0.467 e. The molecule has 4 aliphatic carbocycles. The Morgan fingerprint density at radius 2 is 1.84 bits per heavy atom. The molecule has 5 rings (SSSR count). The SMILES string of the molecule is COC(=O)[C@H]1CCCN1C(=O)CO/N=C1\C=C2CC[C@@H]3[C@H](CC[C@@]4(C)[C@H]3CC[C@]4(O)C(C)=O)[C@@]2(C)CC1. The summed E-state index contributed by atoms with van der Waals surface area (Å²) in [5.74, 6) is 0.789. The minimum atomic E-state index is -1.17. The number of methoxy groups -OCH3 is 1. The van der Waals surface area contributed by atoms with Crippen LogP contribution in [0.5, 0.6) is 0 Å². The Balaban J connectivity index is 1.25. The van der Waals surface area contributed by atoms with Crippen LogP contribution in [0.15, 0.2) is 16.8 Å². The van der Waals surface area contributed by atoms with Gasteiger partial charge in [0.1, 0.15) is 11.6 Å². The molecule has 4 fully saturated rings. The Morgan fingerprint density at radius 1 is 1.08 bits per heavy atom. The van der Waals surface area contributed by atoms with Crippen LogP contribution in [0.1, 0.15) is 85.0 Å². The molecule has 0 spiro atoms. The van der Waals surface area contributed by atoms with Gasteiger partial charge in [0.2, 0.25) is 0 Å². The first kappa shape index (κ1) is 26.4. The molecule has 0 aromatic carbocycles. The standard InChI is InChI=1S/C29H42N2O6/c1-18(32)29(35)14-11-23-21-8-7-19-16-20(9-12-27(19,2)22(21)10-13-28(23,29)3)30-37-17-25(33)31-15-5-6-24(31)26(34)36-4/h16,21-24,35H,5-15,17H2,1-4H3/b30-20-/t21-,22+,23+,24-,27+,28+,29+/m1/s1. The number of hydrogen-bond acceptors (Lipinski definition) is 7. The van der Waals surface area contributed by atoms with E-state index in [0.717, 1.165) is 57.1 Å². The summed E-state index contributed by atoms with van der Waals surface area (Å²) in [5, 5.41) is 15.7. The predicted molar refractivity (Wildman–Crippen MR) is 137 cm³/mol. The summed E-state index contributed by atoms with van der Waals surface area (Å²) in [5.41, 5.74) is 0.896. The number of amides is 1. The van der Waals surface area contributed by atoms with E-state index in [-0.39, 0.29) is 35.1 Å². The number of rotatable bonds is 5. The summed E-state index contributed by atoms with van der Waals surface area (Å²) in [7, 11) is 1.34. The summed E-state index contributed by atoms with van der Waals surface area (Å²) < 4.78 is 4.82. The van der Waals surface area contributed by atoms with E-state index in [1.807, 2.05) is 0 Å². The van der Waals surface area contributed by atoms with Gasteiger partial charge in [0.25, 0.3) is 5.91 Å². The fourth-order valence-electron chi connectivity index (χ4n) is 8.94. The summed E-state index contributed by atoms with van der Waals surface area (Å²) in [6, 6.07) is -0.523. The topological polar surface area (TPSA) is 106 Å². The number of fused-ring (bicyclic) bond motifs is 5. The van der Waals surface area contributed by atoms with E-state index >= 15 is 0 Å². The predicted octanol–water partition coefficient (Wildman–Crippen LogP) is 3.81. The Labute approximate surface area is 219 Å². The number of ether oxygens (including phenoxy) is 1. The van der Waals surface area contributed by atoms with Gasteiger partial charge in [-0.2, -0.15) is 0 Å². The molecule has 8 nitrogen and oxygen atoms in total. The van der Waals surface area contributed by atoms with Gasteiger partial charge in [-0.1, -0.05) is 24.6 Å². The number of aliphatic hydroxyl groups is 1. The van der Waals surface area contributed by atoms with Gasteiger partial charge in [-0.15, -0.1) is 0 Å². The highest BCUT2D eigenvalue weighted by atomic mass is 16.6. The van der Waals surface area contributed by atoms with E-state index in [9.17, 15) is 19.5 Å². The normalized spacial score (nSPS) is 41.9. The van der Waals surface area contributed by atoms with E-state index in [0.29, 0.717) is 37.1 Å². The molecule has 0 aromatic heterocycles. The third-order valence-corrected chi connectivity index (χ3v) is 11.1. The Kier molecular flexibility index (Phi) is 6.78. The van der Waals surface area contributed by atoms with Crippen LogP contribution in [-0.2, 0) is 24.0 Å². The smallest absolute Gasteiger partial charge is 0.328 e. The maximum Gasteiger partial charge on any atom is 0.328 e. The first-order valence-electron chi connectivity index (χ1n) is 14.1. The molecule has 1 N–H and O–H groups in total. The number of hydrogen-bond donors (Lipinski definition) is 1. The Hall–Kier alpha value is -2.22. The van der Waals surface area contributed by atoms with Crippen LogP contribution in [0.2, 0.25) is 0 Å². The maximum absolute atomic E-state index is 12.6. The molecule has 1 amide bonds. The molecule has 3 saturated carbocycles. The zero-order valence-electron chi connectivity index (χ0n) is 22.8. The minimum absolute atomic E-state index is 0.0684. The van der Waals surface area contributed by atoms with Crippen molar-refractivity contribution >= 4 is 23.4 Å². The molecule has 0 bridgehead atoms. The van der Waals surface area contributed by atoms with Gasteiger partial charge < -0.3 is 19.6 Å². The summed E-state index contributed by atoms with van der Waals surface area (Å²) in [6.45, 7) is 6.47.